The van der Waals surface area contributed by atoms with Gasteiger partial charge in [-0.2, -0.15) is 0 Å². The fourth-order valence-electron chi connectivity index (χ4n) is 1.18. The molecule has 0 N–H and O–H groups in total. The van der Waals surface area contributed by atoms with Gasteiger partial charge in [-0.15, -0.1) is 0 Å². The van der Waals surface area contributed by atoms with Gasteiger partial charge in [0.05, 0.1) is 13.2 Å². The van der Waals surface area contributed by atoms with E-state index in [-0.39, 0.29) is 0 Å². The van der Waals surface area contributed by atoms with Crippen LogP contribution in [0.15, 0.2) is 18.7 Å². The normalized spacial score (nSPS) is 13.1. The third-order valence-electron chi connectivity index (χ3n) is 2.45. The first-order valence-electron chi connectivity index (χ1n) is 5.38. The van der Waals surface area contributed by atoms with E-state index in [0.717, 1.165) is 13.2 Å². The van der Waals surface area contributed by atoms with Gasteiger partial charge in [-0.05, 0) is 12.8 Å². The van der Waals surface area contributed by atoms with Crippen LogP contribution in [0.1, 0.15) is 27.2 Å². The molecule has 1 aromatic heterocycles. The highest BCUT2D eigenvalue weighted by Gasteiger charge is 2.03. The molecule has 3 heteroatoms. The van der Waals surface area contributed by atoms with Gasteiger partial charge in [-0.25, -0.2) is 9.13 Å². The summed E-state index contributed by atoms with van der Waals surface area (Å²) >= 11 is 0. The first-order valence-corrected chi connectivity index (χ1v) is 5.38. The van der Waals surface area contributed by atoms with Crippen molar-refractivity contribution in [3.8, 4) is 0 Å². The molecule has 0 aliphatic heterocycles. The Morgan fingerprint density at radius 3 is 2.79 bits per heavy atom. The van der Waals surface area contributed by atoms with Gasteiger partial charge in [0.25, 0.3) is 0 Å². The topological polar surface area (TPSA) is 18.0 Å². The van der Waals surface area contributed by atoms with Gasteiger partial charge >= 0.3 is 0 Å². The summed E-state index contributed by atoms with van der Waals surface area (Å²) in [5, 5.41) is 0. The number of hydrogen-bond donors (Lipinski definition) is 0. The molecule has 0 aliphatic rings. The van der Waals surface area contributed by atoms with Crippen LogP contribution in [0.5, 0.6) is 0 Å². The molecular formula is C11H21N2O+. The van der Waals surface area contributed by atoms with Crippen molar-refractivity contribution in [1.82, 2.24) is 4.57 Å². The van der Waals surface area contributed by atoms with Crippen LogP contribution in [0, 0.1) is 5.92 Å². The first-order chi connectivity index (χ1) is 6.76. The summed E-state index contributed by atoms with van der Waals surface area (Å²) in [6, 6.07) is 0. The second-order valence-electron chi connectivity index (χ2n) is 3.77. The fraction of sp³-hybridized carbons (Fsp3) is 0.727. The van der Waals surface area contributed by atoms with E-state index in [1.54, 1.807) is 0 Å². The lowest BCUT2D eigenvalue weighted by molar-refractivity contribution is -0.732. The standard InChI is InChI=1S/C11H21N2O/c1-4-11(3)8-14-10-13-7-6-12(5-2)9-13/h6-7,9,11H,4-5,8,10H2,1-3H3/q+1/t11-/m0/s1. The maximum atomic E-state index is 5.58. The Balaban J connectivity index is 2.24. The number of aryl methyl sites for hydroxylation is 1. The number of hydrogen-bond acceptors (Lipinski definition) is 1. The minimum absolute atomic E-state index is 0.656. The SMILES string of the molecule is CC[C@H](C)COC[n+]1ccn(CC)c1. The van der Waals surface area contributed by atoms with E-state index in [9.17, 15) is 0 Å². The molecular weight excluding hydrogens is 176 g/mol. The van der Waals surface area contributed by atoms with E-state index < -0.39 is 0 Å². The van der Waals surface area contributed by atoms with Crippen molar-refractivity contribution in [2.24, 2.45) is 5.92 Å². The Bertz CT molecular complexity index is 258. The van der Waals surface area contributed by atoms with Crippen molar-refractivity contribution < 1.29 is 9.30 Å². The summed E-state index contributed by atoms with van der Waals surface area (Å²) in [5.41, 5.74) is 0. The highest BCUT2D eigenvalue weighted by atomic mass is 16.5. The van der Waals surface area contributed by atoms with Gasteiger partial charge < -0.3 is 4.74 Å². The zero-order valence-electron chi connectivity index (χ0n) is 9.44. The van der Waals surface area contributed by atoms with Crippen LogP contribution >= 0.6 is 0 Å². The number of rotatable bonds is 6. The Labute approximate surface area is 86.3 Å². The fourth-order valence-corrected chi connectivity index (χ4v) is 1.18. The molecule has 0 radical (unpaired) electrons. The molecule has 14 heavy (non-hydrogen) atoms. The number of aromatic nitrogens is 2. The van der Waals surface area contributed by atoms with Crippen molar-refractivity contribution in [3.05, 3.63) is 18.7 Å². The van der Waals surface area contributed by atoms with Crippen molar-refractivity contribution in [3.63, 3.8) is 0 Å². The predicted octanol–water partition coefficient (Wildman–Crippen LogP) is 1.82. The Hall–Kier alpha value is -0.830. The lowest BCUT2D eigenvalue weighted by Gasteiger charge is -2.06. The van der Waals surface area contributed by atoms with Gasteiger partial charge in [0.1, 0.15) is 12.4 Å². The zero-order chi connectivity index (χ0) is 10.4. The Morgan fingerprint density at radius 1 is 1.43 bits per heavy atom. The molecule has 1 heterocycles. The monoisotopic (exact) mass is 197 g/mol. The van der Waals surface area contributed by atoms with E-state index in [4.69, 9.17) is 4.74 Å². The largest absolute Gasteiger partial charge is 0.341 e. The van der Waals surface area contributed by atoms with Crippen molar-refractivity contribution in [2.75, 3.05) is 6.61 Å². The Morgan fingerprint density at radius 2 is 2.21 bits per heavy atom. The molecule has 0 bridgehead atoms. The molecule has 0 amide bonds. The quantitative estimate of drug-likeness (QED) is 0.636. The molecule has 0 saturated carbocycles. The zero-order valence-corrected chi connectivity index (χ0v) is 9.44. The minimum atomic E-state index is 0.656. The maximum absolute atomic E-state index is 5.58. The molecule has 0 unspecified atom stereocenters. The molecule has 1 atom stereocenters. The van der Waals surface area contributed by atoms with Crippen LogP contribution in [-0.2, 0) is 18.0 Å². The van der Waals surface area contributed by atoms with E-state index >= 15 is 0 Å². The van der Waals surface area contributed by atoms with Gasteiger partial charge in [0.2, 0.25) is 6.33 Å². The van der Waals surface area contributed by atoms with E-state index in [1.807, 2.05) is 6.20 Å². The number of imidazole rings is 1. The highest BCUT2D eigenvalue weighted by Crippen LogP contribution is 1.99. The number of ether oxygens (including phenoxy) is 1. The molecule has 3 nitrogen and oxygen atoms in total. The second kappa shape index (κ2) is 5.81. The minimum Gasteiger partial charge on any atom is -0.341 e. The third-order valence-corrected chi connectivity index (χ3v) is 2.45. The molecule has 80 valence electrons. The molecule has 0 saturated heterocycles. The third kappa shape index (κ3) is 3.50. The summed E-state index contributed by atoms with van der Waals surface area (Å²) in [6.07, 6.45) is 7.35. The van der Waals surface area contributed by atoms with Gasteiger partial charge in [-0.1, -0.05) is 20.3 Å². The average Bonchev–Trinajstić information content (AvgIpc) is 2.65. The summed E-state index contributed by atoms with van der Waals surface area (Å²) in [6.45, 7) is 9.05. The molecule has 0 aliphatic carbocycles. The van der Waals surface area contributed by atoms with Crippen LogP contribution in [0.25, 0.3) is 0 Å². The first kappa shape index (κ1) is 11.2. The van der Waals surface area contributed by atoms with E-state index in [1.165, 1.54) is 6.42 Å². The summed E-state index contributed by atoms with van der Waals surface area (Å²) in [5.74, 6) is 0.656. The van der Waals surface area contributed by atoms with Crippen LogP contribution in [0.2, 0.25) is 0 Å². The van der Waals surface area contributed by atoms with Crippen LogP contribution in [0.4, 0.5) is 0 Å². The van der Waals surface area contributed by atoms with Gasteiger partial charge in [-0.3, -0.25) is 0 Å². The highest BCUT2D eigenvalue weighted by molar-refractivity contribution is 4.64. The smallest absolute Gasteiger partial charge is 0.245 e. The molecule has 1 aromatic rings. The van der Waals surface area contributed by atoms with E-state index in [2.05, 4.69) is 42.4 Å². The van der Waals surface area contributed by atoms with Crippen LogP contribution in [0.3, 0.4) is 0 Å². The predicted molar refractivity (Wildman–Crippen MR) is 55.7 cm³/mol. The summed E-state index contributed by atoms with van der Waals surface area (Å²) in [4.78, 5) is 0. The molecule has 0 fully saturated rings. The maximum Gasteiger partial charge on any atom is 0.245 e. The van der Waals surface area contributed by atoms with E-state index in [0.29, 0.717) is 12.6 Å². The number of nitrogens with zero attached hydrogens (tertiary/aromatic N) is 2. The van der Waals surface area contributed by atoms with Gasteiger partial charge in [0, 0.05) is 0 Å². The van der Waals surface area contributed by atoms with Crippen LogP contribution in [-0.4, -0.2) is 11.2 Å². The summed E-state index contributed by atoms with van der Waals surface area (Å²) in [7, 11) is 0. The molecule has 0 aromatic carbocycles. The van der Waals surface area contributed by atoms with Gasteiger partial charge in [0.15, 0.2) is 6.73 Å². The van der Waals surface area contributed by atoms with Crippen LogP contribution < -0.4 is 4.57 Å². The van der Waals surface area contributed by atoms with Crippen molar-refractivity contribution in [1.29, 1.82) is 0 Å². The van der Waals surface area contributed by atoms with Crippen molar-refractivity contribution in [2.45, 2.75) is 40.5 Å². The Kier molecular flexibility index (Phi) is 4.66. The van der Waals surface area contributed by atoms with Crippen molar-refractivity contribution >= 4 is 0 Å². The lowest BCUT2D eigenvalue weighted by Crippen LogP contribution is -2.33. The molecule has 0 spiro atoms. The average molecular weight is 197 g/mol. The summed E-state index contributed by atoms with van der Waals surface area (Å²) < 4.78 is 9.77. The molecule has 1 rings (SSSR count). The lowest BCUT2D eigenvalue weighted by atomic mass is 10.1. The second-order valence-corrected chi connectivity index (χ2v) is 3.77.